The van der Waals surface area contributed by atoms with E-state index in [-0.39, 0.29) is 25.0 Å². The molecule has 0 aliphatic heterocycles. The van der Waals surface area contributed by atoms with Crippen molar-refractivity contribution in [1.82, 2.24) is 15.5 Å². The number of hydrogen-bond donors (Lipinski definition) is 3. The van der Waals surface area contributed by atoms with E-state index in [1.54, 1.807) is 0 Å². The molecule has 4 N–H and O–H groups in total. The second-order valence-corrected chi connectivity index (χ2v) is 6.05. The minimum absolute atomic E-state index is 0. The van der Waals surface area contributed by atoms with Gasteiger partial charge in [0.05, 0.1) is 12.1 Å². The summed E-state index contributed by atoms with van der Waals surface area (Å²) in [5.41, 5.74) is 7.62. The van der Waals surface area contributed by atoms with E-state index in [1.165, 1.54) is 0 Å². The molecule has 1 aromatic heterocycles. The molecule has 24 heavy (non-hydrogen) atoms. The minimum atomic E-state index is -0.481. The number of amides is 2. The van der Waals surface area contributed by atoms with Gasteiger partial charge in [-0.15, -0.1) is 12.4 Å². The number of nitrogens with zero attached hydrogens (tertiary/aromatic N) is 2. The van der Waals surface area contributed by atoms with Gasteiger partial charge in [-0.1, -0.05) is 30.1 Å². The number of halogens is 1. The molecule has 8 heteroatoms. The first-order valence-electron chi connectivity index (χ1n) is 7.79. The number of nitrogens with two attached hydrogens (primary N) is 1. The van der Waals surface area contributed by atoms with Crippen LogP contribution in [-0.4, -0.2) is 16.2 Å². The van der Waals surface area contributed by atoms with Gasteiger partial charge in [0.15, 0.2) is 5.82 Å². The number of carbonyl (C=O) groups excluding carboxylic acids is 1. The third kappa shape index (κ3) is 4.24. The fourth-order valence-electron chi connectivity index (χ4n) is 2.81. The van der Waals surface area contributed by atoms with Crippen LogP contribution < -0.4 is 16.4 Å². The normalized spacial score (nSPS) is 15.6. The number of benzene rings is 1. The highest BCUT2D eigenvalue weighted by Gasteiger charge is 2.35. The Morgan fingerprint density at radius 1 is 1.38 bits per heavy atom. The van der Waals surface area contributed by atoms with Gasteiger partial charge in [0.25, 0.3) is 0 Å². The lowest BCUT2D eigenvalue weighted by molar-refractivity contribution is 0.249. The van der Waals surface area contributed by atoms with E-state index < -0.39 is 5.54 Å². The van der Waals surface area contributed by atoms with Gasteiger partial charge < -0.3 is 20.9 Å². The molecule has 0 spiro atoms. The van der Waals surface area contributed by atoms with Crippen LogP contribution in [0.25, 0.3) is 0 Å². The monoisotopic (exact) mass is 351 g/mol. The fourth-order valence-corrected chi connectivity index (χ4v) is 2.81. The number of nitrogens with one attached hydrogen (secondary N) is 2. The molecular formula is C16H22ClN5O2. The Morgan fingerprint density at radius 2 is 2.12 bits per heavy atom. The van der Waals surface area contributed by atoms with Crippen molar-refractivity contribution in [3.05, 3.63) is 41.5 Å². The zero-order valence-electron chi connectivity index (χ0n) is 13.5. The van der Waals surface area contributed by atoms with Gasteiger partial charge in [-0.05, 0) is 37.5 Å². The van der Waals surface area contributed by atoms with Crippen LogP contribution in [0.1, 0.15) is 43.0 Å². The van der Waals surface area contributed by atoms with E-state index in [9.17, 15) is 4.79 Å². The van der Waals surface area contributed by atoms with Gasteiger partial charge in [-0.3, -0.25) is 0 Å². The summed E-state index contributed by atoms with van der Waals surface area (Å²) < 4.78 is 5.18. The van der Waals surface area contributed by atoms with Crippen molar-refractivity contribution in [3.63, 3.8) is 0 Å². The van der Waals surface area contributed by atoms with Crippen molar-refractivity contribution in [2.24, 2.45) is 5.73 Å². The molecule has 2 amide bonds. The van der Waals surface area contributed by atoms with Crippen molar-refractivity contribution < 1.29 is 9.32 Å². The molecule has 7 nitrogen and oxygen atoms in total. The number of carbonyl (C=O) groups is 1. The van der Waals surface area contributed by atoms with E-state index >= 15 is 0 Å². The first-order valence-corrected chi connectivity index (χ1v) is 7.79. The molecule has 0 radical (unpaired) electrons. The van der Waals surface area contributed by atoms with E-state index in [0.717, 1.165) is 36.9 Å². The van der Waals surface area contributed by atoms with E-state index in [0.29, 0.717) is 11.7 Å². The van der Waals surface area contributed by atoms with Crippen molar-refractivity contribution in [2.75, 3.05) is 5.32 Å². The summed E-state index contributed by atoms with van der Waals surface area (Å²) in [4.78, 5) is 16.2. The quantitative estimate of drug-likeness (QED) is 0.785. The first-order chi connectivity index (χ1) is 11.0. The lowest BCUT2D eigenvalue weighted by Crippen LogP contribution is -2.34. The van der Waals surface area contributed by atoms with E-state index in [1.807, 2.05) is 31.2 Å². The number of aromatic nitrogens is 2. The molecule has 1 fully saturated rings. The van der Waals surface area contributed by atoms with Gasteiger partial charge >= 0.3 is 6.03 Å². The van der Waals surface area contributed by atoms with Gasteiger partial charge in [0, 0.05) is 5.69 Å². The lowest BCUT2D eigenvalue weighted by Gasteiger charge is -2.17. The van der Waals surface area contributed by atoms with Crippen LogP contribution in [0.5, 0.6) is 0 Å². The van der Waals surface area contributed by atoms with Gasteiger partial charge in [0.1, 0.15) is 0 Å². The number of aryl methyl sites for hydroxylation is 1. The first kappa shape index (κ1) is 18.2. The van der Waals surface area contributed by atoms with E-state index in [4.69, 9.17) is 10.3 Å². The zero-order chi connectivity index (χ0) is 16.3. The van der Waals surface area contributed by atoms with Crippen molar-refractivity contribution in [2.45, 2.75) is 44.7 Å². The van der Waals surface area contributed by atoms with Gasteiger partial charge in [0.2, 0.25) is 5.89 Å². The summed E-state index contributed by atoms with van der Waals surface area (Å²) in [6, 6.07) is 7.25. The minimum Gasteiger partial charge on any atom is -0.337 e. The summed E-state index contributed by atoms with van der Waals surface area (Å²) >= 11 is 0. The molecule has 0 unspecified atom stereocenters. The summed E-state index contributed by atoms with van der Waals surface area (Å²) in [5, 5.41) is 9.41. The van der Waals surface area contributed by atoms with Crippen LogP contribution in [0.3, 0.4) is 0 Å². The zero-order valence-corrected chi connectivity index (χ0v) is 14.4. The average Bonchev–Trinajstić information content (AvgIpc) is 3.15. The highest BCUT2D eigenvalue weighted by Crippen LogP contribution is 2.34. The molecule has 0 saturated heterocycles. The fraction of sp³-hybridized carbons (Fsp3) is 0.438. The molecule has 1 saturated carbocycles. The van der Waals surface area contributed by atoms with Crippen LogP contribution in [0.4, 0.5) is 10.5 Å². The standard InChI is InChI=1S/C16H21N5O2.ClH/c1-11-5-4-6-12(9-11)19-15(22)18-10-13-20-14(21-23-13)16(17)7-2-3-8-16;/h4-6,9H,2-3,7-8,10,17H2,1H3,(H2,18,19,22);1H. The third-order valence-electron chi connectivity index (χ3n) is 4.09. The van der Waals surface area contributed by atoms with Crippen LogP contribution in [0.2, 0.25) is 0 Å². The maximum atomic E-state index is 11.9. The lowest BCUT2D eigenvalue weighted by atomic mass is 9.99. The van der Waals surface area contributed by atoms with Crippen LogP contribution >= 0.6 is 12.4 Å². The Hall–Kier alpha value is -2.12. The van der Waals surface area contributed by atoms with Crippen molar-refractivity contribution >= 4 is 24.1 Å². The Labute approximate surface area is 146 Å². The average molecular weight is 352 g/mol. The molecule has 1 aromatic carbocycles. The largest absolute Gasteiger partial charge is 0.337 e. The molecule has 2 aromatic rings. The summed E-state index contributed by atoms with van der Waals surface area (Å²) in [6.07, 6.45) is 3.90. The SMILES string of the molecule is Cc1cccc(NC(=O)NCc2nc(C3(N)CCCC3)no2)c1.Cl. The topological polar surface area (TPSA) is 106 Å². The maximum absolute atomic E-state index is 11.9. The predicted octanol–water partition coefficient (Wildman–Crippen LogP) is 2.85. The van der Waals surface area contributed by atoms with Crippen LogP contribution in [-0.2, 0) is 12.1 Å². The number of anilines is 1. The van der Waals surface area contributed by atoms with Crippen LogP contribution in [0.15, 0.2) is 28.8 Å². The molecule has 1 aliphatic carbocycles. The summed E-state index contributed by atoms with van der Waals surface area (Å²) in [7, 11) is 0. The number of urea groups is 1. The molecule has 1 heterocycles. The number of rotatable bonds is 4. The second kappa shape index (κ2) is 7.63. The van der Waals surface area contributed by atoms with Crippen LogP contribution in [0, 0.1) is 6.92 Å². The molecule has 1 aliphatic rings. The maximum Gasteiger partial charge on any atom is 0.319 e. The van der Waals surface area contributed by atoms with E-state index in [2.05, 4.69) is 20.8 Å². The van der Waals surface area contributed by atoms with Gasteiger partial charge in [-0.2, -0.15) is 4.98 Å². The highest BCUT2D eigenvalue weighted by molar-refractivity contribution is 5.89. The predicted molar refractivity (Wildman–Crippen MR) is 92.9 cm³/mol. The Bertz CT molecular complexity index is 697. The van der Waals surface area contributed by atoms with Crippen molar-refractivity contribution in [1.29, 1.82) is 0 Å². The molecule has 0 atom stereocenters. The summed E-state index contributed by atoms with van der Waals surface area (Å²) in [6.45, 7) is 2.13. The smallest absolute Gasteiger partial charge is 0.319 e. The number of hydrogen-bond acceptors (Lipinski definition) is 5. The third-order valence-corrected chi connectivity index (χ3v) is 4.09. The van der Waals surface area contributed by atoms with Gasteiger partial charge in [-0.25, -0.2) is 4.79 Å². The molecule has 130 valence electrons. The highest BCUT2D eigenvalue weighted by atomic mass is 35.5. The Morgan fingerprint density at radius 3 is 2.83 bits per heavy atom. The Balaban J connectivity index is 0.00000208. The molecular weight excluding hydrogens is 330 g/mol. The second-order valence-electron chi connectivity index (χ2n) is 6.05. The summed E-state index contributed by atoms with van der Waals surface area (Å²) in [5.74, 6) is 0.891. The van der Waals surface area contributed by atoms with Crippen molar-refractivity contribution in [3.8, 4) is 0 Å². The Kier molecular flexibility index (Phi) is 5.80. The molecule has 0 bridgehead atoms. The molecule has 3 rings (SSSR count).